The summed E-state index contributed by atoms with van der Waals surface area (Å²) in [5, 5.41) is 6.43. The van der Waals surface area contributed by atoms with Gasteiger partial charge in [-0.1, -0.05) is 20.4 Å². The Hall–Kier alpha value is -0.540. The molecule has 3 nitrogen and oxygen atoms in total. The number of ether oxygens (including phenoxy) is 1. The van der Waals surface area contributed by atoms with Crippen molar-refractivity contribution in [1.82, 2.24) is 10.6 Å². The van der Waals surface area contributed by atoms with Crippen molar-refractivity contribution in [3.8, 4) is 0 Å². The van der Waals surface area contributed by atoms with Gasteiger partial charge < -0.3 is 15.4 Å². The summed E-state index contributed by atoms with van der Waals surface area (Å²) in [4.78, 5) is 0. The summed E-state index contributed by atoms with van der Waals surface area (Å²) in [6.07, 6.45) is 0. The lowest BCUT2D eigenvalue weighted by Gasteiger charge is -2.09. The minimum absolute atomic E-state index is 0.608. The van der Waals surface area contributed by atoms with Gasteiger partial charge in [0.15, 0.2) is 0 Å². The van der Waals surface area contributed by atoms with Crippen molar-refractivity contribution in [1.29, 1.82) is 0 Å². The smallest absolute Gasteiger partial charge is 0.0857 e. The van der Waals surface area contributed by atoms with Crippen LogP contribution in [0.4, 0.5) is 0 Å². The van der Waals surface area contributed by atoms with E-state index in [1.54, 1.807) is 0 Å². The van der Waals surface area contributed by atoms with Gasteiger partial charge in [-0.25, -0.2) is 0 Å². The van der Waals surface area contributed by atoms with Crippen LogP contribution in [0.15, 0.2) is 12.3 Å². The highest BCUT2D eigenvalue weighted by atomic mass is 16.5. The van der Waals surface area contributed by atoms with Crippen molar-refractivity contribution in [3.63, 3.8) is 0 Å². The van der Waals surface area contributed by atoms with Gasteiger partial charge in [0.1, 0.15) is 0 Å². The zero-order chi connectivity index (χ0) is 10.8. The molecular formula is C11H24N2O. The number of hydrogen-bond acceptors (Lipinski definition) is 3. The Kier molecular flexibility index (Phi) is 8.68. The normalized spacial score (nSPS) is 10.6. The van der Waals surface area contributed by atoms with Gasteiger partial charge in [-0.15, -0.1) is 0 Å². The van der Waals surface area contributed by atoms with Crippen LogP contribution in [0.5, 0.6) is 0 Å². The molecule has 0 aromatic rings. The standard InChI is InChI=1S/C11H24N2O/c1-5-13-11(4)9-14-7-6-12-8-10(2)3/h10,12-13H,4-9H2,1-3H3. The Bertz CT molecular complexity index is 146. The largest absolute Gasteiger partial charge is 0.387 e. The topological polar surface area (TPSA) is 33.3 Å². The zero-order valence-electron chi connectivity index (χ0n) is 9.73. The highest BCUT2D eigenvalue weighted by molar-refractivity contribution is 4.90. The summed E-state index contributed by atoms with van der Waals surface area (Å²) in [5.74, 6) is 0.701. The van der Waals surface area contributed by atoms with E-state index >= 15 is 0 Å². The zero-order valence-corrected chi connectivity index (χ0v) is 9.73. The molecule has 0 unspecified atom stereocenters. The fourth-order valence-electron chi connectivity index (χ4n) is 1.03. The number of nitrogens with one attached hydrogen (secondary N) is 2. The first-order chi connectivity index (χ1) is 6.66. The molecule has 0 atom stereocenters. The summed E-state index contributed by atoms with van der Waals surface area (Å²) in [7, 11) is 0. The Morgan fingerprint density at radius 1 is 1.43 bits per heavy atom. The second-order valence-electron chi connectivity index (χ2n) is 3.78. The molecule has 0 saturated heterocycles. The van der Waals surface area contributed by atoms with Gasteiger partial charge in [0, 0.05) is 18.8 Å². The first-order valence-corrected chi connectivity index (χ1v) is 5.37. The van der Waals surface area contributed by atoms with Crippen LogP contribution in [0.25, 0.3) is 0 Å². The minimum atomic E-state index is 0.608. The van der Waals surface area contributed by atoms with Crippen LogP contribution >= 0.6 is 0 Å². The Labute approximate surface area is 87.9 Å². The summed E-state index contributed by atoms with van der Waals surface area (Å²) < 4.78 is 5.41. The van der Waals surface area contributed by atoms with Crippen LogP contribution in [0.2, 0.25) is 0 Å². The van der Waals surface area contributed by atoms with Crippen LogP contribution in [0, 0.1) is 5.92 Å². The second-order valence-corrected chi connectivity index (χ2v) is 3.78. The van der Waals surface area contributed by atoms with Crippen LogP contribution in [0.3, 0.4) is 0 Å². The van der Waals surface area contributed by atoms with E-state index in [4.69, 9.17) is 4.74 Å². The van der Waals surface area contributed by atoms with Crippen molar-refractivity contribution in [2.24, 2.45) is 5.92 Å². The molecule has 14 heavy (non-hydrogen) atoms. The first kappa shape index (κ1) is 13.5. The Balaban J connectivity index is 3.09. The third kappa shape index (κ3) is 9.55. The van der Waals surface area contributed by atoms with Crippen molar-refractivity contribution in [2.45, 2.75) is 20.8 Å². The van der Waals surface area contributed by atoms with E-state index in [9.17, 15) is 0 Å². The molecular weight excluding hydrogens is 176 g/mol. The molecule has 0 aliphatic heterocycles. The lowest BCUT2D eigenvalue weighted by Crippen LogP contribution is -2.25. The molecule has 0 aliphatic carbocycles. The SMILES string of the molecule is C=C(COCCNCC(C)C)NCC. The van der Waals surface area contributed by atoms with Crippen LogP contribution in [0.1, 0.15) is 20.8 Å². The summed E-state index contributed by atoms with van der Waals surface area (Å²) in [6, 6.07) is 0. The average Bonchev–Trinajstić information content (AvgIpc) is 2.11. The maximum atomic E-state index is 5.41. The maximum Gasteiger partial charge on any atom is 0.0857 e. The Morgan fingerprint density at radius 3 is 2.71 bits per heavy atom. The molecule has 0 heterocycles. The summed E-state index contributed by atoms with van der Waals surface area (Å²) in [6.45, 7) is 14.5. The molecule has 0 spiro atoms. The highest BCUT2D eigenvalue weighted by Crippen LogP contribution is 1.87. The molecule has 84 valence electrons. The average molecular weight is 200 g/mol. The molecule has 0 rings (SSSR count). The monoisotopic (exact) mass is 200 g/mol. The third-order valence-electron chi connectivity index (χ3n) is 1.68. The van der Waals surface area contributed by atoms with Gasteiger partial charge in [0.25, 0.3) is 0 Å². The van der Waals surface area contributed by atoms with Gasteiger partial charge >= 0.3 is 0 Å². The molecule has 0 amide bonds. The van der Waals surface area contributed by atoms with Gasteiger partial charge in [0.05, 0.1) is 13.2 Å². The van der Waals surface area contributed by atoms with Gasteiger partial charge in [-0.05, 0) is 19.4 Å². The number of hydrogen-bond donors (Lipinski definition) is 2. The number of rotatable bonds is 9. The molecule has 0 aromatic carbocycles. The first-order valence-electron chi connectivity index (χ1n) is 5.37. The van der Waals surface area contributed by atoms with E-state index in [0.717, 1.165) is 31.9 Å². The van der Waals surface area contributed by atoms with Crippen molar-refractivity contribution in [3.05, 3.63) is 12.3 Å². The lowest BCUT2D eigenvalue weighted by molar-refractivity contribution is 0.153. The number of likely N-dealkylation sites (N-methyl/N-ethyl adjacent to an activating group) is 1. The molecule has 0 bridgehead atoms. The van der Waals surface area contributed by atoms with Crippen molar-refractivity contribution in [2.75, 3.05) is 32.8 Å². The summed E-state index contributed by atoms with van der Waals surface area (Å²) >= 11 is 0. The van der Waals surface area contributed by atoms with E-state index in [2.05, 4.69) is 38.0 Å². The third-order valence-corrected chi connectivity index (χ3v) is 1.68. The summed E-state index contributed by atoms with van der Waals surface area (Å²) in [5.41, 5.74) is 0.955. The van der Waals surface area contributed by atoms with Gasteiger partial charge in [-0.3, -0.25) is 0 Å². The molecule has 3 heteroatoms. The van der Waals surface area contributed by atoms with Crippen molar-refractivity contribution < 1.29 is 4.74 Å². The van der Waals surface area contributed by atoms with E-state index < -0.39 is 0 Å². The fraction of sp³-hybridized carbons (Fsp3) is 0.818. The van der Waals surface area contributed by atoms with Crippen LogP contribution < -0.4 is 10.6 Å². The molecule has 0 radical (unpaired) electrons. The predicted molar refractivity (Wildman–Crippen MR) is 61.3 cm³/mol. The maximum absolute atomic E-state index is 5.41. The van der Waals surface area contributed by atoms with E-state index in [1.165, 1.54) is 0 Å². The van der Waals surface area contributed by atoms with E-state index in [-0.39, 0.29) is 0 Å². The van der Waals surface area contributed by atoms with E-state index in [0.29, 0.717) is 12.5 Å². The fourth-order valence-corrected chi connectivity index (χ4v) is 1.03. The van der Waals surface area contributed by atoms with Crippen molar-refractivity contribution >= 4 is 0 Å². The highest BCUT2D eigenvalue weighted by Gasteiger charge is 1.94. The molecule has 0 aromatic heterocycles. The van der Waals surface area contributed by atoms with Crippen LogP contribution in [-0.2, 0) is 4.74 Å². The minimum Gasteiger partial charge on any atom is -0.387 e. The second kappa shape index (κ2) is 9.03. The molecule has 0 fully saturated rings. The van der Waals surface area contributed by atoms with E-state index in [1.807, 2.05) is 0 Å². The molecule has 0 saturated carbocycles. The quantitative estimate of drug-likeness (QED) is 0.552. The molecule has 2 N–H and O–H groups in total. The van der Waals surface area contributed by atoms with Crippen LogP contribution in [-0.4, -0.2) is 32.8 Å². The predicted octanol–water partition coefficient (Wildman–Crippen LogP) is 1.37. The van der Waals surface area contributed by atoms with Gasteiger partial charge in [-0.2, -0.15) is 0 Å². The lowest BCUT2D eigenvalue weighted by atomic mass is 10.2. The molecule has 0 aliphatic rings. The Morgan fingerprint density at radius 2 is 2.14 bits per heavy atom. The van der Waals surface area contributed by atoms with Gasteiger partial charge in [0.2, 0.25) is 0 Å².